The van der Waals surface area contributed by atoms with Gasteiger partial charge in [-0.15, -0.1) is 11.8 Å². The summed E-state index contributed by atoms with van der Waals surface area (Å²) in [6, 6.07) is 36.2. The van der Waals surface area contributed by atoms with E-state index in [1.54, 1.807) is 60.7 Å². The summed E-state index contributed by atoms with van der Waals surface area (Å²) < 4.78 is 0. The number of rotatable bonds is 10. The molecule has 0 aliphatic rings. The van der Waals surface area contributed by atoms with Gasteiger partial charge in [-0.05, 0) is 90.7 Å². The van der Waals surface area contributed by atoms with Crippen molar-refractivity contribution in [3.63, 3.8) is 0 Å². The molecule has 0 fully saturated rings. The lowest BCUT2D eigenvalue weighted by molar-refractivity contribution is -0.116. The quantitative estimate of drug-likeness (QED) is 0.101. The molecule has 0 aromatic heterocycles. The van der Waals surface area contributed by atoms with Gasteiger partial charge in [0.2, 0.25) is 5.91 Å². The van der Waals surface area contributed by atoms with Gasteiger partial charge in [0.05, 0.1) is 10.0 Å². The van der Waals surface area contributed by atoms with Crippen LogP contribution in [0.1, 0.15) is 37.9 Å². The van der Waals surface area contributed by atoms with Gasteiger partial charge in [-0.2, -0.15) is 0 Å². The molecule has 3 amide bonds. The second-order valence-electron chi connectivity index (χ2n) is 10.6. The lowest BCUT2D eigenvalue weighted by Gasteiger charge is -2.19. The summed E-state index contributed by atoms with van der Waals surface area (Å²) in [5, 5.41) is 8.70. The normalized spacial score (nSPS) is 11.8. The predicted octanol–water partition coefficient (Wildman–Crippen LogP) is 9.49. The maximum atomic E-state index is 13.6. The van der Waals surface area contributed by atoms with Crippen LogP contribution in [0.5, 0.6) is 0 Å². The molecule has 6 nitrogen and oxygen atoms in total. The summed E-state index contributed by atoms with van der Waals surface area (Å²) in [7, 11) is 0. The molecule has 0 bridgehead atoms. The first-order valence-electron chi connectivity index (χ1n) is 14.7. The third kappa shape index (κ3) is 8.71. The van der Waals surface area contributed by atoms with Gasteiger partial charge in [-0.3, -0.25) is 14.4 Å². The average Bonchev–Trinajstić information content (AvgIpc) is 3.08. The van der Waals surface area contributed by atoms with E-state index in [-0.39, 0.29) is 16.6 Å². The maximum Gasteiger partial charge on any atom is 0.272 e. The predicted molar refractivity (Wildman–Crippen MR) is 193 cm³/mol. The third-order valence-electron chi connectivity index (χ3n) is 7.38. The van der Waals surface area contributed by atoms with Crippen molar-refractivity contribution in [2.45, 2.75) is 24.0 Å². The zero-order chi connectivity index (χ0) is 33.3. The van der Waals surface area contributed by atoms with Crippen LogP contribution in [0.15, 0.2) is 132 Å². The molecule has 5 aromatic carbocycles. The van der Waals surface area contributed by atoms with Crippen molar-refractivity contribution in [3.05, 3.63) is 165 Å². The van der Waals surface area contributed by atoms with Crippen molar-refractivity contribution in [3.8, 4) is 0 Å². The van der Waals surface area contributed by atoms with Crippen molar-refractivity contribution in [1.29, 1.82) is 0 Å². The largest absolute Gasteiger partial charge is 0.325 e. The highest BCUT2D eigenvalue weighted by molar-refractivity contribution is 8.00. The molecule has 0 spiro atoms. The Labute approximate surface area is 288 Å². The van der Waals surface area contributed by atoms with Gasteiger partial charge in [0.1, 0.15) is 10.9 Å². The van der Waals surface area contributed by atoms with Gasteiger partial charge in [0.15, 0.2) is 0 Å². The number of hydrogen-bond donors (Lipinski definition) is 3. The van der Waals surface area contributed by atoms with Crippen LogP contribution in [0, 0.1) is 13.8 Å². The Bertz CT molecular complexity index is 1930. The van der Waals surface area contributed by atoms with Crippen LogP contribution < -0.4 is 16.0 Å². The molecular formula is C38H31Cl2N3O3S. The molecule has 5 rings (SSSR count). The summed E-state index contributed by atoms with van der Waals surface area (Å²) in [5.74, 6) is -1.15. The summed E-state index contributed by atoms with van der Waals surface area (Å²) in [5.41, 5.74) is 5.08. The first-order valence-corrected chi connectivity index (χ1v) is 16.4. The van der Waals surface area contributed by atoms with Crippen LogP contribution in [0.3, 0.4) is 0 Å². The van der Waals surface area contributed by atoms with Crippen LogP contribution in [0.25, 0.3) is 6.08 Å². The first kappa shape index (κ1) is 33.5. The number of thioether (sulfide) groups is 1. The third-order valence-corrected chi connectivity index (χ3v) is 9.48. The van der Waals surface area contributed by atoms with Crippen molar-refractivity contribution < 1.29 is 14.4 Å². The van der Waals surface area contributed by atoms with Crippen LogP contribution in [-0.2, 0) is 9.59 Å². The molecule has 9 heteroatoms. The molecule has 1 atom stereocenters. The second kappa shape index (κ2) is 15.6. The van der Waals surface area contributed by atoms with Gasteiger partial charge < -0.3 is 16.0 Å². The first-order chi connectivity index (χ1) is 22.7. The molecule has 0 aliphatic heterocycles. The van der Waals surface area contributed by atoms with Crippen molar-refractivity contribution in [2.24, 2.45) is 0 Å². The lowest BCUT2D eigenvalue weighted by atomic mass is 10.1. The number of carbonyl (C=O) groups excluding carboxylic acids is 3. The molecule has 3 N–H and O–H groups in total. The highest BCUT2D eigenvalue weighted by Gasteiger charge is 2.23. The van der Waals surface area contributed by atoms with E-state index in [1.165, 1.54) is 17.8 Å². The summed E-state index contributed by atoms with van der Waals surface area (Å²) in [6.07, 6.45) is 1.48. The standard InChI is InChI=1S/C38H31Cl2N3O3S/c1-24-11-9-18-32(25(24)2)42-38(46)35(26-12-5-3-6-13-26)47-30-21-19-29(20-22-30)41-37(45)33(23-28-16-10-17-31(39)34(28)40)43-36(44)27-14-7-4-8-15-27/h3-23,35H,1-2H3,(H,41,45)(H,42,46)(H,43,44)/b33-23-. The van der Waals surface area contributed by atoms with Crippen LogP contribution in [0.2, 0.25) is 10.0 Å². The molecule has 0 saturated carbocycles. The van der Waals surface area contributed by atoms with E-state index >= 15 is 0 Å². The monoisotopic (exact) mass is 679 g/mol. The van der Waals surface area contributed by atoms with Gasteiger partial charge in [0, 0.05) is 21.8 Å². The lowest BCUT2D eigenvalue weighted by Crippen LogP contribution is -2.30. The minimum absolute atomic E-state index is 0.0197. The number of halogens is 2. The molecule has 47 heavy (non-hydrogen) atoms. The Morgan fingerprint density at radius 3 is 2.09 bits per heavy atom. The molecule has 236 valence electrons. The Morgan fingerprint density at radius 1 is 0.723 bits per heavy atom. The summed E-state index contributed by atoms with van der Waals surface area (Å²) >= 11 is 14.0. The zero-order valence-corrected chi connectivity index (χ0v) is 27.9. The van der Waals surface area contributed by atoms with Gasteiger partial charge in [-0.1, -0.05) is 96.0 Å². The van der Waals surface area contributed by atoms with E-state index in [0.29, 0.717) is 21.8 Å². The van der Waals surface area contributed by atoms with E-state index in [0.717, 1.165) is 27.3 Å². The number of anilines is 2. The Kier molecular flexibility index (Phi) is 11.2. The molecule has 0 heterocycles. The van der Waals surface area contributed by atoms with Crippen molar-refractivity contribution in [1.82, 2.24) is 5.32 Å². The number of nitrogens with one attached hydrogen (secondary N) is 3. The molecule has 0 saturated heterocycles. The van der Waals surface area contributed by atoms with E-state index in [4.69, 9.17) is 23.2 Å². The molecular weight excluding hydrogens is 649 g/mol. The average molecular weight is 681 g/mol. The highest BCUT2D eigenvalue weighted by atomic mass is 35.5. The molecule has 1 unspecified atom stereocenters. The molecule has 0 radical (unpaired) electrons. The van der Waals surface area contributed by atoms with Gasteiger partial charge in [0.25, 0.3) is 11.8 Å². The number of hydrogen-bond acceptors (Lipinski definition) is 4. The SMILES string of the molecule is Cc1cccc(NC(=O)C(Sc2ccc(NC(=O)/C(=C/c3cccc(Cl)c3Cl)NC(=O)c3ccccc3)cc2)c2ccccc2)c1C. The summed E-state index contributed by atoms with van der Waals surface area (Å²) in [6.45, 7) is 4.00. The van der Waals surface area contributed by atoms with Gasteiger partial charge >= 0.3 is 0 Å². The van der Waals surface area contributed by atoms with Crippen molar-refractivity contribution >= 4 is 70.1 Å². The second-order valence-corrected chi connectivity index (χ2v) is 12.6. The fourth-order valence-corrected chi connectivity index (χ4v) is 6.05. The fourth-order valence-electron chi connectivity index (χ4n) is 4.67. The number of aryl methyl sites for hydroxylation is 1. The van der Waals surface area contributed by atoms with Crippen LogP contribution >= 0.6 is 35.0 Å². The highest BCUT2D eigenvalue weighted by Crippen LogP contribution is 2.37. The maximum absolute atomic E-state index is 13.6. The Hall–Kier alpha value is -4.82. The van der Waals surface area contributed by atoms with Crippen LogP contribution in [0.4, 0.5) is 11.4 Å². The van der Waals surface area contributed by atoms with E-state index in [9.17, 15) is 14.4 Å². The van der Waals surface area contributed by atoms with Gasteiger partial charge in [-0.25, -0.2) is 0 Å². The Balaban J connectivity index is 1.35. The fraction of sp³-hybridized carbons (Fsp3) is 0.0789. The smallest absolute Gasteiger partial charge is 0.272 e. The van der Waals surface area contributed by atoms with E-state index in [1.807, 2.05) is 74.5 Å². The number of benzene rings is 5. The zero-order valence-electron chi connectivity index (χ0n) is 25.6. The minimum atomic E-state index is -0.555. The summed E-state index contributed by atoms with van der Waals surface area (Å²) in [4.78, 5) is 40.9. The van der Waals surface area contributed by atoms with Crippen LogP contribution in [-0.4, -0.2) is 17.7 Å². The minimum Gasteiger partial charge on any atom is -0.325 e. The number of carbonyl (C=O) groups is 3. The number of amides is 3. The van der Waals surface area contributed by atoms with Crippen molar-refractivity contribution in [2.75, 3.05) is 10.6 Å². The van der Waals surface area contributed by atoms with E-state index in [2.05, 4.69) is 16.0 Å². The van der Waals surface area contributed by atoms with E-state index < -0.39 is 17.1 Å². The Morgan fingerprint density at radius 2 is 1.38 bits per heavy atom. The molecule has 0 aliphatic carbocycles. The molecule has 5 aromatic rings. The topological polar surface area (TPSA) is 87.3 Å².